The fourth-order valence-electron chi connectivity index (χ4n) is 3.66. The summed E-state index contributed by atoms with van der Waals surface area (Å²) in [5.74, 6) is 0.507. The van der Waals surface area contributed by atoms with Crippen molar-refractivity contribution in [3.8, 4) is 11.4 Å². The Kier molecular flexibility index (Phi) is 3.70. The number of thiophene rings is 1. The van der Waals surface area contributed by atoms with Crippen molar-refractivity contribution in [3.05, 3.63) is 39.3 Å². The molecule has 1 aliphatic heterocycles. The Morgan fingerprint density at radius 2 is 1.93 bits per heavy atom. The fraction of sp³-hybridized carbons (Fsp3) is 0.263. The lowest BCUT2D eigenvalue weighted by molar-refractivity contribution is 0.313. The number of aromatic nitrogens is 3. The highest BCUT2D eigenvalue weighted by Crippen LogP contribution is 2.31. The number of hydrogen-bond acceptors (Lipinski definition) is 6. The lowest BCUT2D eigenvalue weighted by Gasteiger charge is -2.34. The van der Waals surface area contributed by atoms with Crippen LogP contribution in [-0.2, 0) is 0 Å². The van der Waals surface area contributed by atoms with Gasteiger partial charge in [0.05, 0.1) is 22.2 Å². The van der Waals surface area contributed by atoms with Gasteiger partial charge < -0.3 is 25.5 Å². The van der Waals surface area contributed by atoms with Gasteiger partial charge in [-0.3, -0.25) is 4.79 Å². The third-order valence-corrected chi connectivity index (χ3v) is 6.01. The highest BCUT2D eigenvalue weighted by atomic mass is 32.1. The first-order valence-electron chi connectivity index (χ1n) is 8.91. The minimum atomic E-state index is -0.225. The van der Waals surface area contributed by atoms with Gasteiger partial charge in [0.2, 0.25) is 0 Å². The number of rotatable bonds is 2. The molecule has 3 aromatic heterocycles. The van der Waals surface area contributed by atoms with Crippen LogP contribution in [0.4, 0.5) is 11.4 Å². The van der Waals surface area contributed by atoms with E-state index in [-0.39, 0.29) is 5.56 Å². The third-order valence-electron chi connectivity index (χ3n) is 5.27. The fourth-order valence-corrected chi connectivity index (χ4v) is 4.44. The number of nitrogens with one attached hydrogen (secondary N) is 2. The Morgan fingerprint density at radius 3 is 2.74 bits per heavy atom. The van der Waals surface area contributed by atoms with Crippen molar-refractivity contribution in [1.82, 2.24) is 19.9 Å². The molecule has 1 saturated heterocycles. The Labute approximate surface area is 159 Å². The number of aromatic amines is 2. The number of nitrogens with zero attached hydrogens (tertiary/aromatic N) is 3. The molecule has 0 aliphatic carbocycles. The number of H-pyrrole nitrogens is 2. The molecule has 0 bridgehead atoms. The largest absolute Gasteiger partial charge is 0.397 e. The summed E-state index contributed by atoms with van der Waals surface area (Å²) in [5.41, 5.74) is 10.6. The maximum Gasteiger partial charge on any atom is 0.261 e. The molecular formula is C19H20N6OS. The smallest absolute Gasteiger partial charge is 0.261 e. The minimum Gasteiger partial charge on any atom is -0.397 e. The van der Waals surface area contributed by atoms with Crippen molar-refractivity contribution in [2.45, 2.75) is 0 Å². The number of imidazole rings is 1. The topological polar surface area (TPSA) is 94.0 Å². The lowest BCUT2D eigenvalue weighted by atomic mass is 10.1. The van der Waals surface area contributed by atoms with Gasteiger partial charge in [-0.25, -0.2) is 4.98 Å². The molecule has 0 amide bonds. The highest BCUT2D eigenvalue weighted by Gasteiger charge is 2.18. The molecule has 1 aromatic carbocycles. The van der Waals surface area contributed by atoms with Crippen LogP contribution in [0, 0.1) is 0 Å². The Balaban J connectivity index is 1.58. The van der Waals surface area contributed by atoms with E-state index in [4.69, 9.17) is 5.73 Å². The number of nitrogens with two attached hydrogens (primary N) is 1. The van der Waals surface area contributed by atoms with Crippen LogP contribution in [0.3, 0.4) is 0 Å². The van der Waals surface area contributed by atoms with E-state index < -0.39 is 0 Å². The molecule has 27 heavy (non-hydrogen) atoms. The van der Waals surface area contributed by atoms with Gasteiger partial charge in [0.25, 0.3) is 5.56 Å². The molecule has 1 fully saturated rings. The summed E-state index contributed by atoms with van der Waals surface area (Å²) in [6, 6.07) is 6.19. The Hall–Kier alpha value is -2.84. The van der Waals surface area contributed by atoms with E-state index in [1.54, 1.807) is 0 Å². The minimum absolute atomic E-state index is 0.225. The summed E-state index contributed by atoms with van der Waals surface area (Å²) < 4.78 is 0. The zero-order valence-electron chi connectivity index (χ0n) is 15.0. The molecule has 5 rings (SSSR count). The number of nitrogen functional groups attached to an aromatic ring is 1. The molecule has 7 nitrogen and oxygen atoms in total. The molecule has 0 radical (unpaired) electrons. The molecule has 1 aliphatic rings. The van der Waals surface area contributed by atoms with Crippen molar-refractivity contribution in [2.24, 2.45) is 0 Å². The molecule has 0 saturated carbocycles. The van der Waals surface area contributed by atoms with E-state index in [0.29, 0.717) is 17.1 Å². The number of hydrogen-bond donors (Lipinski definition) is 3. The summed E-state index contributed by atoms with van der Waals surface area (Å²) in [6.45, 7) is 4.12. The van der Waals surface area contributed by atoms with Crippen LogP contribution >= 0.6 is 11.3 Å². The van der Waals surface area contributed by atoms with Gasteiger partial charge in [0.1, 0.15) is 11.4 Å². The molecule has 0 unspecified atom stereocenters. The summed E-state index contributed by atoms with van der Waals surface area (Å²) in [4.78, 5) is 28.1. The molecule has 138 valence electrons. The maximum atomic E-state index is 12.6. The van der Waals surface area contributed by atoms with Gasteiger partial charge in [-0.1, -0.05) is 0 Å². The van der Waals surface area contributed by atoms with Gasteiger partial charge in [-0.05, 0) is 25.2 Å². The van der Waals surface area contributed by atoms with Crippen molar-refractivity contribution >= 4 is 44.6 Å². The van der Waals surface area contributed by atoms with Gasteiger partial charge in [0, 0.05) is 48.0 Å². The first-order chi connectivity index (χ1) is 13.1. The van der Waals surface area contributed by atoms with E-state index in [1.165, 1.54) is 17.0 Å². The zero-order chi connectivity index (χ0) is 18.5. The van der Waals surface area contributed by atoms with Crippen molar-refractivity contribution in [1.29, 1.82) is 0 Å². The Bertz CT molecular complexity index is 1200. The quantitative estimate of drug-likeness (QED) is 0.497. The van der Waals surface area contributed by atoms with Crippen molar-refractivity contribution in [3.63, 3.8) is 0 Å². The number of likely N-dealkylation sites (N-methyl/N-ethyl adjacent to an activating group) is 1. The van der Waals surface area contributed by atoms with Crippen LogP contribution in [0.25, 0.3) is 33.3 Å². The van der Waals surface area contributed by atoms with E-state index in [1.807, 2.05) is 16.8 Å². The number of anilines is 2. The van der Waals surface area contributed by atoms with Crippen molar-refractivity contribution in [2.75, 3.05) is 43.9 Å². The average Bonchev–Trinajstić information content (AvgIpc) is 3.28. The molecule has 0 spiro atoms. The second-order valence-electron chi connectivity index (χ2n) is 7.02. The molecule has 4 aromatic rings. The molecule has 4 N–H and O–H groups in total. The van der Waals surface area contributed by atoms with Crippen LogP contribution in [-0.4, -0.2) is 53.1 Å². The second-order valence-corrected chi connectivity index (χ2v) is 7.76. The van der Waals surface area contributed by atoms with Crippen LogP contribution in [0.2, 0.25) is 0 Å². The Morgan fingerprint density at radius 1 is 1.11 bits per heavy atom. The maximum absolute atomic E-state index is 12.6. The summed E-state index contributed by atoms with van der Waals surface area (Å²) in [6.07, 6.45) is 0. The predicted molar refractivity (Wildman–Crippen MR) is 112 cm³/mol. The summed E-state index contributed by atoms with van der Waals surface area (Å²) in [5, 5.41) is 4.68. The normalized spacial score (nSPS) is 15.8. The highest BCUT2D eigenvalue weighted by molar-refractivity contribution is 7.09. The van der Waals surface area contributed by atoms with Crippen LogP contribution in [0.15, 0.2) is 33.8 Å². The molecule has 0 atom stereocenters. The van der Waals surface area contributed by atoms with E-state index in [9.17, 15) is 4.79 Å². The molecule has 8 heteroatoms. The van der Waals surface area contributed by atoms with Crippen LogP contribution in [0.5, 0.6) is 0 Å². The molecule has 4 heterocycles. The summed E-state index contributed by atoms with van der Waals surface area (Å²) >= 11 is 1.51. The number of piperazine rings is 1. The standard InChI is InChI=1S/C19H20N6OS/c1-24-4-6-25(7-5-24)11-2-3-13-14(8-11)22-18(21-13)16-17(20)12-9-27-10-15(12)23-19(16)26/h2-3,8-10H,4-7,20H2,1H3,(H,21,22)(H,23,26). The second kappa shape index (κ2) is 6.11. The number of pyridine rings is 1. The number of benzene rings is 1. The van der Waals surface area contributed by atoms with E-state index in [0.717, 1.165) is 48.1 Å². The predicted octanol–water partition coefficient (Wildman–Crippen LogP) is 2.47. The monoisotopic (exact) mass is 380 g/mol. The lowest BCUT2D eigenvalue weighted by Crippen LogP contribution is -2.44. The zero-order valence-corrected chi connectivity index (χ0v) is 15.8. The van der Waals surface area contributed by atoms with Gasteiger partial charge in [0.15, 0.2) is 0 Å². The van der Waals surface area contributed by atoms with Crippen molar-refractivity contribution < 1.29 is 0 Å². The van der Waals surface area contributed by atoms with Crippen LogP contribution in [0.1, 0.15) is 0 Å². The van der Waals surface area contributed by atoms with E-state index >= 15 is 0 Å². The first kappa shape index (κ1) is 16.3. The van der Waals surface area contributed by atoms with Gasteiger partial charge in [-0.2, -0.15) is 0 Å². The van der Waals surface area contributed by atoms with E-state index in [2.05, 4.69) is 43.9 Å². The third kappa shape index (κ3) is 2.68. The van der Waals surface area contributed by atoms with Gasteiger partial charge >= 0.3 is 0 Å². The first-order valence-corrected chi connectivity index (χ1v) is 9.86. The SMILES string of the molecule is CN1CCN(c2ccc3nc(-c4c(N)c5cscc5[nH]c4=O)[nH]c3c2)CC1. The molecular weight excluding hydrogens is 360 g/mol. The van der Waals surface area contributed by atoms with Crippen LogP contribution < -0.4 is 16.2 Å². The number of fused-ring (bicyclic) bond motifs is 2. The average molecular weight is 380 g/mol. The van der Waals surface area contributed by atoms with Gasteiger partial charge in [-0.15, -0.1) is 11.3 Å². The summed E-state index contributed by atoms with van der Waals surface area (Å²) in [7, 11) is 2.15.